The van der Waals surface area contributed by atoms with E-state index in [2.05, 4.69) is 82.5 Å². The fraction of sp³-hybridized carbons (Fsp3) is 0.322. The highest BCUT2D eigenvalue weighted by molar-refractivity contribution is 6.00. The van der Waals surface area contributed by atoms with Crippen molar-refractivity contribution in [3.63, 3.8) is 0 Å². The normalized spacial score (nSPS) is 14.1. The van der Waals surface area contributed by atoms with Crippen LogP contribution in [0.3, 0.4) is 0 Å². The van der Waals surface area contributed by atoms with Crippen LogP contribution in [0.2, 0.25) is 0 Å². The first-order chi connectivity index (χ1) is 57.6. The van der Waals surface area contributed by atoms with E-state index >= 15 is 0 Å². The number of alkyl halides is 9. The highest BCUT2D eigenvalue weighted by Crippen LogP contribution is 2.38. The van der Waals surface area contributed by atoms with Crippen molar-refractivity contribution in [2.45, 2.75) is 137 Å². The summed E-state index contributed by atoms with van der Waals surface area (Å²) in [5.74, 6) is 18.5. The first-order valence-electron chi connectivity index (χ1n) is 39.1. The van der Waals surface area contributed by atoms with E-state index in [4.69, 9.17) is 32.1 Å². The molecule has 2 aliphatic heterocycles. The van der Waals surface area contributed by atoms with Crippen LogP contribution >= 0.6 is 0 Å². The zero-order valence-electron chi connectivity index (χ0n) is 67.2. The second-order valence-electron chi connectivity index (χ2n) is 30.5. The number of aromatic nitrogens is 12. The second kappa shape index (κ2) is 36.2. The van der Waals surface area contributed by atoms with Gasteiger partial charge >= 0.3 is 18.5 Å². The highest BCUT2D eigenvalue weighted by Gasteiger charge is 2.36. The number of carbonyl (C=O) groups excluding carboxylic acids is 4. The first kappa shape index (κ1) is 85.7. The summed E-state index contributed by atoms with van der Waals surface area (Å²) in [7, 11) is 2.13. The maximum Gasteiger partial charge on any atom is 0.416 e. The maximum atomic E-state index is 13.3. The molecule has 0 bridgehead atoms. The summed E-state index contributed by atoms with van der Waals surface area (Å²) >= 11 is 0. The maximum absolute atomic E-state index is 13.3. The van der Waals surface area contributed by atoms with Gasteiger partial charge in [-0.05, 0) is 198 Å². The number of hydrogen-bond donors (Lipinski definition) is 3. The number of fused-ring (bicyclic) bond motifs is 3. The molecule has 6 aromatic carbocycles. The van der Waals surface area contributed by atoms with Gasteiger partial charge in [-0.1, -0.05) is 103 Å². The number of carbonyl (C=O) groups is 4. The summed E-state index contributed by atoms with van der Waals surface area (Å²) in [5.41, 5.74) is 25.8. The number of likely N-dealkylation sites (tertiary alicyclic amines) is 1. The number of nitrogens with zero attached hydrogens (tertiary/aromatic N) is 14. The molecule has 12 aromatic rings. The third-order valence-electron chi connectivity index (χ3n) is 21.8. The quantitative estimate of drug-likeness (QED) is 0.0518. The Balaban J connectivity index is 0.000000157. The van der Waals surface area contributed by atoms with Gasteiger partial charge in [-0.15, -0.1) is 0 Å². The lowest BCUT2D eigenvalue weighted by Gasteiger charge is -2.28. The molecule has 2 saturated heterocycles. The van der Waals surface area contributed by atoms with E-state index in [-0.39, 0.29) is 82.6 Å². The number of ether oxygens (including phenoxy) is 1. The van der Waals surface area contributed by atoms with Crippen LogP contribution in [-0.4, -0.2) is 139 Å². The molecule has 6 N–H and O–H groups in total. The molecule has 6 aromatic heterocycles. The van der Waals surface area contributed by atoms with E-state index in [1.165, 1.54) is 80.8 Å². The van der Waals surface area contributed by atoms with E-state index < -0.39 is 52.6 Å². The molecule has 0 unspecified atom stereocenters. The Kier molecular flexibility index (Phi) is 25.6. The van der Waals surface area contributed by atoms with Crippen molar-refractivity contribution < 1.29 is 63.4 Å². The molecule has 3 aliphatic rings. The van der Waals surface area contributed by atoms with Gasteiger partial charge in [-0.2, -0.15) is 54.8 Å². The van der Waals surface area contributed by atoms with E-state index in [9.17, 15) is 58.7 Å². The van der Waals surface area contributed by atoms with Crippen LogP contribution in [0.25, 0.3) is 33.1 Å². The Morgan fingerprint density at radius 2 is 0.785 bits per heavy atom. The number of nitrogens with two attached hydrogens (primary N) is 3. The highest BCUT2D eigenvalue weighted by atomic mass is 19.4. The van der Waals surface area contributed by atoms with Gasteiger partial charge in [0.05, 0.1) is 52.1 Å². The van der Waals surface area contributed by atoms with Gasteiger partial charge in [0.25, 0.3) is 0 Å². The number of amides is 1. The second-order valence-corrected chi connectivity index (χ2v) is 30.5. The van der Waals surface area contributed by atoms with Crippen molar-refractivity contribution in [1.29, 1.82) is 0 Å². The number of aryl methyl sites for hydroxylation is 6. The van der Waals surface area contributed by atoms with Gasteiger partial charge < -0.3 is 31.7 Å². The minimum absolute atomic E-state index is 0.0137. The van der Waals surface area contributed by atoms with Crippen LogP contribution in [0.1, 0.15) is 176 Å². The molecular formula is C90H84F9N17O5. The summed E-state index contributed by atoms with van der Waals surface area (Å²) < 4.78 is 131. The molecule has 31 heteroatoms. The minimum atomic E-state index is -4.55. The van der Waals surface area contributed by atoms with Crippen molar-refractivity contribution in [2.75, 3.05) is 63.6 Å². The number of Topliss-reactive ketones (excluding diaryl/α,β-unsaturated/α-hetero) is 3. The van der Waals surface area contributed by atoms with Gasteiger partial charge in [0.1, 0.15) is 60.1 Å². The lowest BCUT2D eigenvalue weighted by atomic mass is 9.96. The standard InChI is InChI=1S/C31H31F3N6O.C30H27F3N6O3.C29H26F3N5O/c1-19-4-6-22(15-27(41)24-7-5-20(2)25(16-24)31(32,33)34)14-23(19)8-9-26-28-29(35)36-18-37-30(28)40(38-26)17-21-10-12-39(3)13-11-21;1-18-3-5-20(14-25(40)22-6-4-19(2)23(15-22)30(31,32)33)13-21(18)7-8-24-27-28(34)35-17-36-29(27)39(37-24)16-26(41)38-9-11-42-12-10-38;1-17-7-9-19(14-25(38)21-10-8-18(2)23(15-21)29(30,31)32)13-20(17)11-12-24-26-27(33)34-16-35-28(26)37(36-24)22-5-3-4-6-22/h4-7,14,16,18,21H,10-13,15,17H2,1-3H3,(H2,35,36,37);3-6,13,15,17H,9-12,14,16H2,1-2H3,(H2,34,35,36);7-10,13,15-16,22H,3-6,14H2,1-2H3,(H2,33,34,35). The Labute approximate surface area is 690 Å². The fourth-order valence-corrected chi connectivity index (χ4v) is 14.8. The Morgan fingerprint density at radius 1 is 0.430 bits per heavy atom. The van der Waals surface area contributed by atoms with E-state index in [1.807, 2.05) is 42.3 Å². The first-order valence-corrected chi connectivity index (χ1v) is 39.1. The smallest absolute Gasteiger partial charge is 0.383 e. The summed E-state index contributed by atoms with van der Waals surface area (Å²) in [5, 5.41) is 15.7. The zero-order valence-corrected chi connectivity index (χ0v) is 67.2. The van der Waals surface area contributed by atoms with Gasteiger partial charge in [-0.3, -0.25) is 19.2 Å². The summed E-state index contributed by atoms with van der Waals surface area (Å²) in [6, 6.07) is 27.3. The van der Waals surface area contributed by atoms with Crippen molar-refractivity contribution in [3.8, 4) is 35.5 Å². The molecule has 22 nitrogen and oxygen atoms in total. The molecule has 1 aliphatic carbocycles. The molecule has 8 heterocycles. The molecule has 622 valence electrons. The van der Waals surface area contributed by atoms with Crippen LogP contribution in [0, 0.1) is 83.0 Å². The molecule has 15 rings (SSSR count). The van der Waals surface area contributed by atoms with Gasteiger partial charge in [0, 0.05) is 72.3 Å². The number of hydrogen-bond acceptors (Lipinski definition) is 18. The van der Waals surface area contributed by atoms with E-state index in [1.54, 1.807) is 47.4 Å². The largest absolute Gasteiger partial charge is 0.416 e. The molecule has 0 radical (unpaired) electrons. The SMILES string of the molecule is Cc1ccc(CC(=O)c2ccc(C)c(C(F)(F)F)c2)cc1C#Cc1nn(C2CCCC2)c2ncnc(N)c12.Cc1ccc(CC(=O)c2ccc(C)c(C(F)(F)F)c2)cc1C#Cc1nn(CC(=O)N2CCOCC2)c2ncnc(N)c12.Cc1ccc(CC(=O)c2ccc(C)c(C(F)(F)F)c2)cc1C#Cc1nn(CC2CCN(C)CC2)c2ncnc(N)c12. The van der Waals surface area contributed by atoms with Crippen LogP contribution in [0.15, 0.2) is 128 Å². The summed E-state index contributed by atoms with van der Waals surface area (Å²) in [6.07, 6.45) is -3.17. The lowest BCUT2D eigenvalue weighted by molar-refractivity contribution is -0.138. The van der Waals surface area contributed by atoms with Gasteiger partial charge in [0.15, 0.2) is 34.3 Å². The van der Waals surface area contributed by atoms with Crippen LogP contribution < -0.4 is 17.2 Å². The molecular weight excluding hydrogens is 1570 g/mol. The van der Waals surface area contributed by atoms with Crippen molar-refractivity contribution in [2.24, 2.45) is 5.92 Å². The Hall–Kier alpha value is -13.2. The molecule has 3 fully saturated rings. The van der Waals surface area contributed by atoms with Crippen LogP contribution in [0.5, 0.6) is 0 Å². The monoisotopic (exact) mass is 1650 g/mol. The van der Waals surface area contributed by atoms with Crippen LogP contribution in [0.4, 0.5) is 57.0 Å². The zero-order chi connectivity index (χ0) is 86.4. The number of anilines is 3. The summed E-state index contributed by atoms with van der Waals surface area (Å²) in [6.45, 7) is 14.4. The predicted octanol–water partition coefficient (Wildman–Crippen LogP) is 14.9. The van der Waals surface area contributed by atoms with E-state index in [0.29, 0.717) is 128 Å². The number of ketones is 3. The molecule has 0 spiro atoms. The summed E-state index contributed by atoms with van der Waals surface area (Å²) in [4.78, 5) is 81.0. The third kappa shape index (κ3) is 20.2. The topological polar surface area (TPSA) is 293 Å². The molecule has 1 amide bonds. The number of benzene rings is 6. The molecule has 0 atom stereocenters. The fourth-order valence-electron chi connectivity index (χ4n) is 14.8. The number of rotatable bonds is 14. The molecule has 121 heavy (non-hydrogen) atoms. The van der Waals surface area contributed by atoms with Crippen molar-refractivity contribution in [3.05, 3.63) is 245 Å². The van der Waals surface area contributed by atoms with E-state index in [0.717, 1.165) is 86.5 Å². The number of halogens is 9. The van der Waals surface area contributed by atoms with Crippen molar-refractivity contribution >= 4 is 73.8 Å². The lowest BCUT2D eigenvalue weighted by Crippen LogP contribution is -2.42. The minimum Gasteiger partial charge on any atom is -0.383 e. The average molecular weight is 1650 g/mol. The number of nitrogen functional groups attached to an aromatic ring is 3. The predicted molar refractivity (Wildman–Crippen MR) is 438 cm³/mol. The number of morpholine rings is 1. The third-order valence-corrected chi connectivity index (χ3v) is 21.8. The van der Waals surface area contributed by atoms with Crippen LogP contribution in [-0.2, 0) is 60.4 Å². The Morgan fingerprint density at radius 3 is 1.18 bits per heavy atom. The Bertz CT molecular complexity index is 6210. The van der Waals surface area contributed by atoms with Crippen molar-refractivity contribution in [1.82, 2.24) is 69.0 Å². The van der Waals surface area contributed by atoms with Gasteiger partial charge in [-0.25, -0.2) is 43.9 Å². The van der Waals surface area contributed by atoms with Gasteiger partial charge in [0.2, 0.25) is 5.91 Å². The molecule has 1 saturated carbocycles. The number of piperidine rings is 1. The average Bonchev–Trinajstić information content (AvgIpc) is 1.64.